The van der Waals surface area contributed by atoms with Crippen LogP contribution in [0.5, 0.6) is 0 Å². The SMILES string of the molecule is CC(C)(CCc1ccccc1)NCCN. The highest BCUT2D eigenvalue weighted by atomic mass is 15.0. The molecule has 1 rings (SSSR count). The van der Waals surface area contributed by atoms with Crippen molar-refractivity contribution in [2.75, 3.05) is 13.1 Å². The van der Waals surface area contributed by atoms with E-state index in [9.17, 15) is 0 Å². The Bertz CT molecular complexity index is 267. The third kappa shape index (κ3) is 4.96. The first-order valence-electron chi connectivity index (χ1n) is 5.63. The predicted octanol–water partition coefficient (Wildman–Crippen LogP) is 1.95. The van der Waals surface area contributed by atoms with E-state index in [-0.39, 0.29) is 5.54 Å². The molecule has 1 aromatic carbocycles. The molecule has 0 aliphatic heterocycles. The fourth-order valence-electron chi connectivity index (χ4n) is 1.60. The summed E-state index contributed by atoms with van der Waals surface area (Å²) in [5, 5.41) is 3.45. The molecule has 2 nitrogen and oxygen atoms in total. The molecule has 0 atom stereocenters. The van der Waals surface area contributed by atoms with Crippen molar-refractivity contribution >= 4 is 0 Å². The van der Waals surface area contributed by atoms with Crippen LogP contribution in [0.3, 0.4) is 0 Å². The van der Waals surface area contributed by atoms with E-state index in [1.807, 2.05) is 0 Å². The van der Waals surface area contributed by atoms with Gasteiger partial charge in [0.25, 0.3) is 0 Å². The monoisotopic (exact) mass is 206 g/mol. The summed E-state index contributed by atoms with van der Waals surface area (Å²) in [5.74, 6) is 0. The van der Waals surface area contributed by atoms with E-state index in [2.05, 4.69) is 49.5 Å². The molecule has 2 heteroatoms. The molecule has 0 amide bonds. The zero-order chi connectivity index (χ0) is 11.1. The van der Waals surface area contributed by atoms with E-state index >= 15 is 0 Å². The maximum absolute atomic E-state index is 5.48. The van der Waals surface area contributed by atoms with Gasteiger partial charge in [-0.15, -0.1) is 0 Å². The van der Waals surface area contributed by atoms with Crippen LogP contribution in [0, 0.1) is 0 Å². The molecule has 0 aromatic heterocycles. The van der Waals surface area contributed by atoms with Gasteiger partial charge < -0.3 is 11.1 Å². The molecule has 0 unspecified atom stereocenters. The lowest BCUT2D eigenvalue weighted by atomic mass is 9.95. The van der Waals surface area contributed by atoms with Crippen molar-refractivity contribution < 1.29 is 0 Å². The Balaban J connectivity index is 2.35. The Morgan fingerprint density at radius 2 is 1.87 bits per heavy atom. The Kier molecular flexibility index (Phi) is 4.79. The molecular weight excluding hydrogens is 184 g/mol. The van der Waals surface area contributed by atoms with Crippen molar-refractivity contribution in [1.29, 1.82) is 0 Å². The molecule has 84 valence electrons. The summed E-state index contributed by atoms with van der Waals surface area (Å²) in [6.07, 6.45) is 2.25. The van der Waals surface area contributed by atoms with Crippen LogP contribution in [0.4, 0.5) is 0 Å². The standard InChI is InChI=1S/C13H22N2/c1-13(2,15-11-10-14)9-8-12-6-4-3-5-7-12/h3-7,15H,8-11,14H2,1-2H3. The minimum absolute atomic E-state index is 0.176. The number of hydrogen-bond acceptors (Lipinski definition) is 2. The maximum atomic E-state index is 5.48. The van der Waals surface area contributed by atoms with Crippen LogP contribution in [-0.2, 0) is 6.42 Å². The van der Waals surface area contributed by atoms with Crippen molar-refractivity contribution in [2.45, 2.75) is 32.2 Å². The van der Waals surface area contributed by atoms with E-state index in [1.165, 1.54) is 5.56 Å². The Labute approximate surface area is 92.9 Å². The molecule has 0 saturated carbocycles. The summed E-state index contributed by atoms with van der Waals surface area (Å²) in [5.41, 5.74) is 7.06. The molecule has 15 heavy (non-hydrogen) atoms. The Morgan fingerprint density at radius 1 is 1.20 bits per heavy atom. The summed E-state index contributed by atoms with van der Waals surface area (Å²) in [4.78, 5) is 0. The van der Waals surface area contributed by atoms with Gasteiger partial charge in [-0.3, -0.25) is 0 Å². The average Bonchev–Trinajstić information content (AvgIpc) is 2.25. The largest absolute Gasteiger partial charge is 0.329 e. The summed E-state index contributed by atoms with van der Waals surface area (Å²) in [7, 11) is 0. The number of nitrogens with one attached hydrogen (secondary N) is 1. The lowest BCUT2D eigenvalue weighted by Gasteiger charge is -2.26. The van der Waals surface area contributed by atoms with Gasteiger partial charge in [0.1, 0.15) is 0 Å². The number of hydrogen-bond donors (Lipinski definition) is 2. The fourth-order valence-corrected chi connectivity index (χ4v) is 1.60. The van der Waals surface area contributed by atoms with E-state index in [0.29, 0.717) is 6.54 Å². The minimum Gasteiger partial charge on any atom is -0.329 e. The first kappa shape index (κ1) is 12.2. The lowest BCUT2D eigenvalue weighted by Crippen LogP contribution is -2.42. The molecule has 0 spiro atoms. The van der Waals surface area contributed by atoms with Crippen LogP contribution in [0.1, 0.15) is 25.8 Å². The van der Waals surface area contributed by atoms with Gasteiger partial charge in [0.05, 0.1) is 0 Å². The molecule has 0 saturated heterocycles. The van der Waals surface area contributed by atoms with E-state index in [1.54, 1.807) is 0 Å². The van der Waals surface area contributed by atoms with Crippen LogP contribution in [0.15, 0.2) is 30.3 Å². The van der Waals surface area contributed by atoms with Crippen molar-refractivity contribution in [3.8, 4) is 0 Å². The van der Waals surface area contributed by atoms with Gasteiger partial charge in [-0.2, -0.15) is 0 Å². The second kappa shape index (κ2) is 5.89. The molecule has 0 fully saturated rings. The highest BCUT2D eigenvalue weighted by Crippen LogP contribution is 2.12. The first-order valence-corrected chi connectivity index (χ1v) is 5.63. The van der Waals surface area contributed by atoms with Gasteiger partial charge in [-0.1, -0.05) is 30.3 Å². The maximum Gasteiger partial charge on any atom is 0.0128 e. The van der Waals surface area contributed by atoms with Crippen molar-refractivity contribution in [1.82, 2.24) is 5.32 Å². The molecule has 0 bridgehead atoms. The third-order valence-electron chi connectivity index (χ3n) is 2.63. The smallest absolute Gasteiger partial charge is 0.0128 e. The number of benzene rings is 1. The molecule has 0 aliphatic rings. The van der Waals surface area contributed by atoms with Gasteiger partial charge in [-0.25, -0.2) is 0 Å². The third-order valence-corrected chi connectivity index (χ3v) is 2.63. The molecule has 0 radical (unpaired) electrons. The molecule has 0 aliphatic carbocycles. The van der Waals surface area contributed by atoms with E-state index in [4.69, 9.17) is 5.73 Å². The van der Waals surface area contributed by atoms with Crippen LogP contribution in [-0.4, -0.2) is 18.6 Å². The topological polar surface area (TPSA) is 38.0 Å². The summed E-state index contributed by atoms with van der Waals surface area (Å²) in [6.45, 7) is 6.05. The van der Waals surface area contributed by atoms with Gasteiger partial charge >= 0.3 is 0 Å². The zero-order valence-corrected chi connectivity index (χ0v) is 9.79. The van der Waals surface area contributed by atoms with Gasteiger partial charge in [0, 0.05) is 18.6 Å². The van der Waals surface area contributed by atoms with Gasteiger partial charge in [-0.05, 0) is 32.3 Å². The van der Waals surface area contributed by atoms with Crippen molar-refractivity contribution in [3.63, 3.8) is 0 Å². The Hall–Kier alpha value is -0.860. The lowest BCUT2D eigenvalue weighted by molar-refractivity contribution is 0.367. The number of rotatable bonds is 6. The normalized spacial score (nSPS) is 11.7. The summed E-state index contributed by atoms with van der Waals surface area (Å²) < 4.78 is 0. The molecule has 1 aromatic rings. The van der Waals surface area contributed by atoms with Crippen LogP contribution in [0.25, 0.3) is 0 Å². The summed E-state index contributed by atoms with van der Waals surface area (Å²) in [6, 6.07) is 10.6. The van der Waals surface area contributed by atoms with Crippen LogP contribution >= 0.6 is 0 Å². The van der Waals surface area contributed by atoms with Crippen LogP contribution < -0.4 is 11.1 Å². The quantitative estimate of drug-likeness (QED) is 0.746. The van der Waals surface area contributed by atoms with E-state index < -0.39 is 0 Å². The molecular formula is C13H22N2. The first-order chi connectivity index (χ1) is 7.14. The highest BCUT2D eigenvalue weighted by Gasteiger charge is 2.15. The number of nitrogens with two attached hydrogens (primary N) is 1. The number of aryl methyl sites for hydroxylation is 1. The molecule has 3 N–H and O–H groups in total. The second-order valence-corrected chi connectivity index (χ2v) is 4.58. The fraction of sp³-hybridized carbons (Fsp3) is 0.538. The summed E-state index contributed by atoms with van der Waals surface area (Å²) >= 11 is 0. The predicted molar refractivity (Wildman–Crippen MR) is 65.9 cm³/mol. The highest BCUT2D eigenvalue weighted by molar-refractivity contribution is 5.15. The van der Waals surface area contributed by atoms with Gasteiger partial charge in [0.15, 0.2) is 0 Å². The average molecular weight is 206 g/mol. The molecule has 0 heterocycles. The van der Waals surface area contributed by atoms with Crippen molar-refractivity contribution in [3.05, 3.63) is 35.9 Å². The van der Waals surface area contributed by atoms with Gasteiger partial charge in [0.2, 0.25) is 0 Å². The van der Waals surface area contributed by atoms with E-state index in [0.717, 1.165) is 19.4 Å². The Morgan fingerprint density at radius 3 is 2.47 bits per heavy atom. The van der Waals surface area contributed by atoms with Crippen molar-refractivity contribution in [2.24, 2.45) is 5.73 Å². The van der Waals surface area contributed by atoms with Crippen LogP contribution in [0.2, 0.25) is 0 Å². The zero-order valence-electron chi connectivity index (χ0n) is 9.79. The minimum atomic E-state index is 0.176. The second-order valence-electron chi connectivity index (χ2n) is 4.58.